The quantitative estimate of drug-likeness (QED) is 0.704. The van der Waals surface area contributed by atoms with Crippen LogP contribution in [0.3, 0.4) is 0 Å². The summed E-state index contributed by atoms with van der Waals surface area (Å²) < 4.78 is 2.08. The van der Waals surface area contributed by atoms with Crippen LogP contribution in [0.1, 0.15) is 54.6 Å². The van der Waals surface area contributed by atoms with Gasteiger partial charge in [-0.1, -0.05) is 24.3 Å². The average Bonchev–Trinajstić information content (AvgIpc) is 3.05. The van der Waals surface area contributed by atoms with E-state index in [2.05, 4.69) is 33.9 Å². The Morgan fingerprint density at radius 3 is 2.76 bits per heavy atom. The third kappa shape index (κ3) is 3.21. The average molecular weight is 390 g/mol. The molecule has 1 aliphatic heterocycles. The summed E-state index contributed by atoms with van der Waals surface area (Å²) in [6.07, 6.45) is 6.57. The Morgan fingerprint density at radius 1 is 1.17 bits per heavy atom. The van der Waals surface area contributed by atoms with Crippen molar-refractivity contribution < 1.29 is 9.90 Å². The van der Waals surface area contributed by atoms with Crippen LogP contribution in [0.25, 0.3) is 22.2 Å². The number of benzene rings is 1. The first-order valence-corrected chi connectivity index (χ1v) is 10.5. The van der Waals surface area contributed by atoms with Crippen molar-refractivity contribution in [3.8, 4) is 11.1 Å². The molecule has 0 atom stereocenters. The topological polar surface area (TPSA) is 80.0 Å². The highest BCUT2D eigenvalue weighted by atomic mass is 16.3. The highest BCUT2D eigenvalue weighted by Crippen LogP contribution is 2.38. The Labute approximate surface area is 170 Å². The number of aromatic nitrogens is 3. The first-order chi connectivity index (χ1) is 14.1. The van der Waals surface area contributed by atoms with Gasteiger partial charge >= 0.3 is 0 Å². The van der Waals surface area contributed by atoms with E-state index in [9.17, 15) is 9.90 Å². The zero-order chi connectivity index (χ0) is 20.0. The van der Waals surface area contributed by atoms with E-state index in [1.54, 1.807) is 0 Å². The third-order valence-electron chi connectivity index (χ3n) is 6.29. The molecule has 29 heavy (non-hydrogen) atoms. The fourth-order valence-electron chi connectivity index (χ4n) is 4.75. The van der Waals surface area contributed by atoms with Gasteiger partial charge in [-0.25, -0.2) is 4.98 Å². The van der Waals surface area contributed by atoms with Crippen molar-refractivity contribution in [3.63, 3.8) is 0 Å². The van der Waals surface area contributed by atoms with Gasteiger partial charge in [0.25, 0.3) is 0 Å². The number of carbonyl (C=O) groups excluding carboxylic acids is 1. The van der Waals surface area contributed by atoms with Crippen LogP contribution in [0.5, 0.6) is 0 Å². The van der Waals surface area contributed by atoms with Crippen LogP contribution in [0.15, 0.2) is 30.5 Å². The number of hydrogen-bond acceptors (Lipinski definition) is 5. The zero-order valence-corrected chi connectivity index (χ0v) is 16.7. The highest BCUT2D eigenvalue weighted by Gasteiger charge is 2.28. The third-order valence-corrected chi connectivity index (χ3v) is 6.29. The van der Waals surface area contributed by atoms with Crippen molar-refractivity contribution in [1.82, 2.24) is 14.5 Å². The molecule has 0 bridgehead atoms. The van der Waals surface area contributed by atoms with E-state index in [1.165, 1.54) is 0 Å². The number of ketones is 1. The van der Waals surface area contributed by atoms with E-state index < -0.39 is 0 Å². The lowest BCUT2D eigenvalue weighted by molar-refractivity contribution is 0.0956. The van der Waals surface area contributed by atoms with Crippen LogP contribution < -0.4 is 5.32 Å². The molecule has 1 saturated carbocycles. The smallest absolute Gasteiger partial charge is 0.224 e. The summed E-state index contributed by atoms with van der Waals surface area (Å²) in [6, 6.07) is 8.47. The van der Waals surface area contributed by atoms with Crippen LogP contribution in [0.2, 0.25) is 0 Å². The summed E-state index contributed by atoms with van der Waals surface area (Å²) in [4.78, 5) is 22.3. The molecule has 5 rings (SSSR count). The summed E-state index contributed by atoms with van der Waals surface area (Å²) in [5, 5.41) is 14.1. The Hall–Kier alpha value is -2.73. The van der Waals surface area contributed by atoms with Gasteiger partial charge in [-0.05, 0) is 50.2 Å². The molecule has 0 spiro atoms. The number of anilines is 1. The first-order valence-electron chi connectivity index (χ1n) is 10.5. The van der Waals surface area contributed by atoms with Gasteiger partial charge in [0, 0.05) is 36.2 Å². The van der Waals surface area contributed by atoms with Crippen molar-refractivity contribution in [3.05, 3.63) is 41.7 Å². The summed E-state index contributed by atoms with van der Waals surface area (Å²) >= 11 is 0. The van der Waals surface area contributed by atoms with E-state index >= 15 is 0 Å². The second-order valence-electron chi connectivity index (χ2n) is 8.30. The molecule has 0 radical (unpaired) electrons. The van der Waals surface area contributed by atoms with Gasteiger partial charge in [0.1, 0.15) is 5.65 Å². The summed E-state index contributed by atoms with van der Waals surface area (Å²) in [7, 11) is 0. The van der Waals surface area contributed by atoms with Gasteiger partial charge in [-0.2, -0.15) is 4.98 Å². The maximum absolute atomic E-state index is 12.9. The minimum Gasteiger partial charge on any atom is -0.393 e. The molecular formula is C23H26N4O2. The van der Waals surface area contributed by atoms with Gasteiger partial charge in [-0.15, -0.1) is 0 Å². The molecule has 0 amide bonds. The number of carbonyl (C=O) groups is 1. The van der Waals surface area contributed by atoms with Crippen LogP contribution >= 0.6 is 0 Å². The monoisotopic (exact) mass is 390 g/mol. The van der Waals surface area contributed by atoms with Crippen LogP contribution in [0.4, 0.5) is 5.95 Å². The van der Waals surface area contributed by atoms with Crippen LogP contribution in [0, 0.1) is 6.92 Å². The summed E-state index contributed by atoms with van der Waals surface area (Å²) in [5.41, 5.74) is 4.79. The minimum absolute atomic E-state index is 0.184. The molecular weight excluding hydrogens is 364 g/mol. The molecule has 6 heteroatoms. The highest BCUT2D eigenvalue weighted by molar-refractivity contribution is 6.11. The summed E-state index contributed by atoms with van der Waals surface area (Å²) in [5.74, 6) is 0.789. The molecule has 1 aromatic carbocycles. The fraction of sp³-hybridized carbons (Fsp3) is 0.435. The van der Waals surface area contributed by atoms with Gasteiger partial charge in [0.2, 0.25) is 5.95 Å². The fourth-order valence-corrected chi connectivity index (χ4v) is 4.75. The van der Waals surface area contributed by atoms with E-state index in [0.717, 1.165) is 72.1 Å². The maximum Gasteiger partial charge on any atom is 0.224 e. The molecule has 2 aliphatic rings. The van der Waals surface area contributed by atoms with Crippen molar-refractivity contribution in [2.24, 2.45) is 0 Å². The Bertz CT molecular complexity index is 1080. The number of nitrogens with one attached hydrogen (secondary N) is 1. The van der Waals surface area contributed by atoms with Crippen LogP contribution in [-0.4, -0.2) is 37.6 Å². The molecule has 2 aromatic heterocycles. The molecule has 1 fully saturated rings. The molecule has 2 N–H and O–H groups in total. The Morgan fingerprint density at radius 2 is 1.97 bits per heavy atom. The SMILES string of the molecule is Cc1ccccc1-c1c2n(c3nc(NC4CCC(O)CC4)ncc13)CCCC2=O. The maximum atomic E-state index is 12.9. The van der Waals surface area contributed by atoms with Gasteiger partial charge < -0.3 is 15.0 Å². The standard InChI is InChI=1S/C23H26N4O2/c1-14-5-2-3-6-17(14)20-18-13-24-23(25-15-8-10-16(28)11-9-15)26-22(18)27-12-4-7-19(29)21(20)27/h2-3,5-6,13,15-16,28H,4,7-12H2,1H3,(H,24,25,26). The van der Waals surface area contributed by atoms with Crippen molar-refractivity contribution >= 4 is 22.8 Å². The number of Topliss-reactive ketones (excluding diaryl/α,β-unsaturated/α-hetero) is 1. The second kappa shape index (κ2) is 7.26. The molecule has 0 unspecified atom stereocenters. The number of aliphatic hydroxyl groups is 1. The first kappa shape index (κ1) is 18.3. The van der Waals surface area contributed by atoms with E-state index in [0.29, 0.717) is 12.4 Å². The normalized spacial score (nSPS) is 21.9. The number of aliphatic hydroxyl groups excluding tert-OH is 1. The van der Waals surface area contributed by atoms with Gasteiger partial charge in [0.15, 0.2) is 5.78 Å². The lowest BCUT2D eigenvalue weighted by atomic mass is 9.93. The van der Waals surface area contributed by atoms with Crippen molar-refractivity contribution in [2.75, 3.05) is 5.32 Å². The van der Waals surface area contributed by atoms with E-state index in [1.807, 2.05) is 18.3 Å². The van der Waals surface area contributed by atoms with Crippen molar-refractivity contribution in [2.45, 2.75) is 64.1 Å². The Kier molecular flexibility index (Phi) is 4.59. The molecule has 3 aromatic rings. The molecule has 6 nitrogen and oxygen atoms in total. The second-order valence-corrected chi connectivity index (χ2v) is 8.30. The number of nitrogens with zero attached hydrogens (tertiary/aromatic N) is 3. The lowest BCUT2D eigenvalue weighted by Crippen LogP contribution is -2.29. The predicted molar refractivity (Wildman–Crippen MR) is 113 cm³/mol. The molecule has 3 heterocycles. The Balaban J connectivity index is 1.61. The van der Waals surface area contributed by atoms with Crippen molar-refractivity contribution in [1.29, 1.82) is 0 Å². The minimum atomic E-state index is -0.184. The number of fused-ring (bicyclic) bond motifs is 3. The number of aryl methyl sites for hydroxylation is 2. The van der Waals surface area contributed by atoms with Gasteiger partial charge in [0.05, 0.1) is 11.8 Å². The van der Waals surface area contributed by atoms with E-state index in [4.69, 9.17) is 4.98 Å². The van der Waals surface area contributed by atoms with Gasteiger partial charge in [-0.3, -0.25) is 4.79 Å². The van der Waals surface area contributed by atoms with E-state index in [-0.39, 0.29) is 17.9 Å². The largest absolute Gasteiger partial charge is 0.393 e. The summed E-state index contributed by atoms with van der Waals surface area (Å²) in [6.45, 7) is 2.88. The number of rotatable bonds is 3. The lowest BCUT2D eigenvalue weighted by Gasteiger charge is -2.26. The van der Waals surface area contributed by atoms with Crippen LogP contribution in [-0.2, 0) is 6.54 Å². The molecule has 1 aliphatic carbocycles. The molecule has 0 saturated heterocycles. The predicted octanol–water partition coefficient (Wildman–Crippen LogP) is 4.10. The number of hydrogen-bond donors (Lipinski definition) is 2. The molecule has 150 valence electrons. The zero-order valence-electron chi connectivity index (χ0n) is 16.7.